The van der Waals surface area contributed by atoms with Crippen LogP contribution in [0.3, 0.4) is 0 Å². The van der Waals surface area contributed by atoms with Crippen molar-refractivity contribution in [2.24, 2.45) is 11.8 Å². The van der Waals surface area contributed by atoms with E-state index < -0.39 is 12.1 Å². The first-order chi connectivity index (χ1) is 18.4. The van der Waals surface area contributed by atoms with E-state index in [1.165, 1.54) is 0 Å². The molecule has 3 saturated heterocycles. The molecule has 0 spiro atoms. The van der Waals surface area contributed by atoms with Crippen molar-refractivity contribution >= 4 is 11.8 Å². The number of carbonyl (C=O) groups excluding carboxylic acids is 2. The predicted octanol–water partition coefficient (Wildman–Crippen LogP) is 1.42. The quantitative estimate of drug-likeness (QED) is 0.417. The van der Waals surface area contributed by atoms with Gasteiger partial charge in [0.15, 0.2) is 6.04 Å². The molecule has 2 atom stereocenters. The molecule has 38 heavy (non-hydrogen) atoms. The van der Waals surface area contributed by atoms with Gasteiger partial charge in [0.25, 0.3) is 0 Å². The van der Waals surface area contributed by atoms with Crippen molar-refractivity contribution in [3.8, 4) is 5.75 Å². The molecule has 0 radical (unpaired) electrons. The lowest BCUT2D eigenvalue weighted by Gasteiger charge is -2.35. The molecule has 4 rings (SSSR count). The number of aryl methyl sites for hydroxylation is 1. The van der Waals surface area contributed by atoms with E-state index in [0.717, 1.165) is 54.8 Å². The van der Waals surface area contributed by atoms with Gasteiger partial charge in [-0.25, -0.2) is 4.90 Å². The summed E-state index contributed by atoms with van der Waals surface area (Å²) in [5.74, 6) is 1.12. The van der Waals surface area contributed by atoms with Crippen LogP contribution >= 0.6 is 0 Å². The number of piperidine rings is 1. The minimum Gasteiger partial charge on any atom is -0.497 e. The second kappa shape index (κ2) is 14.0. The molecule has 0 aliphatic carbocycles. The van der Waals surface area contributed by atoms with Crippen molar-refractivity contribution in [1.82, 2.24) is 20.4 Å². The summed E-state index contributed by atoms with van der Waals surface area (Å²) in [5.41, 5.74) is 1.03. The Hall–Kier alpha value is -2.56. The molecule has 0 bridgehead atoms. The molecular weight excluding hydrogens is 486 g/mol. The number of nitrogens with one attached hydrogen (secondary N) is 2. The van der Waals surface area contributed by atoms with Crippen LogP contribution in [0.25, 0.3) is 0 Å². The highest BCUT2D eigenvalue weighted by molar-refractivity contribution is 5.88. The number of benzene rings is 1. The minimum atomic E-state index is -0.828. The number of hydrogen-bond acceptors (Lipinski definition) is 7. The van der Waals surface area contributed by atoms with E-state index in [2.05, 4.69) is 10.6 Å². The summed E-state index contributed by atoms with van der Waals surface area (Å²) in [4.78, 5) is 44.3. The zero-order valence-electron chi connectivity index (χ0n) is 22.9. The third-order valence-electron chi connectivity index (χ3n) is 8.14. The second-order valence-corrected chi connectivity index (χ2v) is 11.0. The Labute approximate surface area is 226 Å². The van der Waals surface area contributed by atoms with Gasteiger partial charge in [-0.05, 0) is 81.8 Å². The number of rotatable bonds is 11. The van der Waals surface area contributed by atoms with Crippen molar-refractivity contribution in [3.63, 3.8) is 0 Å². The highest BCUT2D eigenvalue weighted by Gasteiger charge is 2.49. The van der Waals surface area contributed by atoms with E-state index in [1.807, 2.05) is 36.2 Å². The molecule has 2 unspecified atom stereocenters. The summed E-state index contributed by atoms with van der Waals surface area (Å²) < 4.78 is 11.8. The Morgan fingerprint density at radius 1 is 1.16 bits per heavy atom. The lowest BCUT2D eigenvalue weighted by Crippen LogP contribution is -2.59. The third kappa shape index (κ3) is 7.74. The van der Waals surface area contributed by atoms with Crippen LogP contribution in [-0.2, 0) is 20.7 Å². The zero-order valence-corrected chi connectivity index (χ0v) is 22.9. The number of nitroso groups, excluding NO2 is 1. The number of likely N-dealkylation sites (N-methyl/N-ethyl adjacent to an activating group) is 1. The highest BCUT2D eigenvalue weighted by atomic mass is 16.5. The monoisotopic (exact) mass is 530 g/mol. The van der Waals surface area contributed by atoms with Crippen molar-refractivity contribution in [2.75, 3.05) is 66.8 Å². The molecule has 0 saturated carbocycles. The van der Waals surface area contributed by atoms with E-state index in [4.69, 9.17) is 9.47 Å². The Bertz CT molecular complexity index is 930. The lowest BCUT2D eigenvalue weighted by molar-refractivity contribution is -0.573. The van der Waals surface area contributed by atoms with E-state index >= 15 is 0 Å². The molecule has 1 aromatic rings. The first-order valence-electron chi connectivity index (χ1n) is 14.1. The molecule has 210 valence electrons. The second-order valence-electron chi connectivity index (χ2n) is 11.0. The van der Waals surface area contributed by atoms with Crippen LogP contribution in [0.1, 0.15) is 37.7 Å². The Balaban J connectivity index is 1.53. The van der Waals surface area contributed by atoms with Crippen LogP contribution in [0.2, 0.25) is 0 Å². The van der Waals surface area contributed by atoms with Gasteiger partial charge in [-0.2, -0.15) is 0 Å². The van der Waals surface area contributed by atoms with E-state index in [0.29, 0.717) is 45.2 Å². The third-order valence-corrected chi connectivity index (χ3v) is 8.14. The van der Waals surface area contributed by atoms with Crippen molar-refractivity contribution in [1.29, 1.82) is 0 Å². The topological polar surface area (TPSA) is 103 Å². The average molecular weight is 531 g/mol. The largest absolute Gasteiger partial charge is 0.497 e. The fraction of sp³-hybridized carbons (Fsp3) is 0.714. The summed E-state index contributed by atoms with van der Waals surface area (Å²) in [6, 6.07) is 6.27. The van der Waals surface area contributed by atoms with Crippen LogP contribution in [-0.4, -0.2) is 105 Å². The SMILES string of the molecule is COc1ccc(CCC(=O)N(CC2CCOCC2)C(C(=O)NCC2CCNCC2)C2CN(C)C[N+]2=O)cc1. The average Bonchev–Trinajstić information content (AvgIpc) is 3.28. The summed E-state index contributed by atoms with van der Waals surface area (Å²) in [5, 5.41) is 6.50. The number of carbonyl (C=O) groups is 2. The first-order valence-corrected chi connectivity index (χ1v) is 14.1. The maximum Gasteiger partial charge on any atom is 0.249 e. The molecule has 10 heteroatoms. The highest BCUT2D eigenvalue weighted by Crippen LogP contribution is 2.23. The number of nitrogens with zero attached hydrogens (tertiary/aromatic N) is 3. The van der Waals surface area contributed by atoms with E-state index in [-0.39, 0.29) is 30.8 Å². The van der Waals surface area contributed by atoms with Gasteiger partial charge in [0.05, 0.1) is 13.7 Å². The maximum absolute atomic E-state index is 13.9. The Morgan fingerprint density at radius 2 is 1.87 bits per heavy atom. The van der Waals surface area contributed by atoms with E-state index in [9.17, 15) is 14.5 Å². The van der Waals surface area contributed by atoms with Crippen LogP contribution in [0.5, 0.6) is 5.75 Å². The van der Waals surface area contributed by atoms with Crippen molar-refractivity contribution in [2.45, 2.75) is 50.6 Å². The summed E-state index contributed by atoms with van der Waals surface area (Å²) in [6.45, 7) is 4.93. The summed E-state index contributed by atoms with van der Waals surface area (Å²) >= 11 is 0. The van der Waals surface area contributed by atoms with Crippen LogP contribution in [0.4, 0.5) is 0 Å². The molecule has 2 N–H and O–H groups in total. The molecule has 3 heterocycles. The van der Waals surface area contributed by atoms with Gasteiger partial charge in [0, 0.05) is 42.4 Å². The number of amides is 2. The molecule has 10 nitrogen and oxygen atoms in total. The summed E-state index contributed by atoms with van der Waals surface area (Å²) in [6.07, 6.45) is 4.54. The Morgan fingerprint density at radius 3 is 2.50 bits per heavy atom. The Kier molecular flexibility index (Phi) is 10.5. The standard InChI is InChI=1S/C28H43N5O5/c1-31-19-25(33(36)20-31)27(28(35)30-17-22-9-13-29-14-10-22)32(18-23-11-15-38-16-12-23)26(34)8-5-21-3-6-24(37-2)7-4-21/h3-4,6-7,22-23,25,27,29H,5,8-20H2,1-2H3/p+1. The van der Waals surface area contributed by atoms with Gasteiger partial charge in [-0.3, -0.25) is 9.59 Å². The van der Waals surface area contributed by atoms with Gasteiger partial charge in [0.1, 0.15) is 5.75 Å². The van der Waals surface area contributed by atoms with Crippen LogP contribution in [0, 0.1) is 16.7 Å². The molecule has 0 aromatic heterocycles. The lowest BCUT2D eigenvalue weighted by atomic mass is 9.95. The molecule has 3 aliphatic heterocycles. The summed E-state index contributed by atoms with van der Waals surface area (Å²) in [7, 11) is 3.51. The maximum atomic E-state index is 13.9. The van der Waals surface area contributed by atoms with E-state index in [1.54, 1.807) is 12.0 Å². The van der Waals surface area contributed by atoms with Crippen molar-refractivity contribution < 1.29 is 23.8 Å². The fourth-order valence-corrected chi connectivity index (χ4v) is 5.79. The smallest absolute Gasteiger partial charge is 0.249 e. The number of ether oxygens (including phenoxy) is 2. The number of methoxy groups -OCH3 is 1. The number of hydrogen-bond donors (Lipinski definition) is 2. The van der Waals surface area contributed by atoms with Crippen molar-refractivity contribution in [3.05, 3.63) is 34.7 Å². The fourth-order valence-electron chi connectivity index (χ4n) is 5.79. The molecule has 1 aromatic carbocycles. The van der Waals surface area contributed by atoms with Gasteiger partial charge >= 0.3 is 0 Å². The first kappa shape index (κ1) is 28.4. The predicted molar refractivity (Wildman–Crippen MR) is 144 cm³/mol. The molecular formula is C28H44N5O5+. The normalized spacial score (nSPS) is 22.3. The molecule has 2 amide bonds. The van der Waals surface area contributed by atoms with Gasteiger partial charge < -0.3 is 25.0 Å². The van der Waals surface area contributed by atoms with Gasteiger partial charge in [0.2, 0.25) is 24.5 Å². The van der Waals surface area contributed by atoms with Crippen LogP contribution in [0.15, 0.2) is 24.3 Å². The van der Waals surface area contributed by atoms with Gasteiger partial charge in [-0.1, -0.05) is 12.1 Å². The minimum absolute atomic E-state index is 0.0859. The molecule has 3 aliphatic rings. The van der Waals surface area contributed by atoms with Gasteiger partial charge in [-0.15, -0.1) is 0 Å². The zero-order chi connectivity index (χ0) is 26.9. The molecule has 3 fully saturated rings. The van der Waals surface area contributed by atoms with Crippen LogP contribution < -0.4 is 15.4 Å².